The smallest absolute Gasteiger partial charge is 0.331 e. The van der Waals surface area contributed by atoms with E-state index in [-0.39, 0.29) is 17.5 Å². The third-order valence-electron chi connectivity index (χ3n) is 3.84. The number of sulfone groups is 1. The Kier molecular flexibility index (Phi) is 6.48. The highest BCUT2D eigenvalue weighted by atomic mass is 35.5. The lowest BCUT2D eigenvalue weighted by atomic mass is 10.2. The van der Waals surface area contributed by atoms with Crippen molar-refractivity contribution in [2.75, 3.05) is 25.2 Å². The lowest BCUT2D eigenvalue weighted by molar-refractivity contribution is -0.148. The fourth-order valence-corrected chi connectivity index (χ4v) is 4.43. The van der Waals surface area contributed by atoms with Crippen LogP contribution in [0.15, 0.2) is 24.3 Å². The molecule has 0 spiro atoms. The summed E-state index contributed by atoms with van der Waals surface area (Å²) in [6.45, 7) is -0.447. The molecule has 6 nitrogen and oxygen atoms in total. The molecule has 2 rings (SSSR count). The first-order valence-corrected chi connectivity index (χ1v) is 10.0. The molecular formula is C16H17Cl2NO5S. The Morgan fingerprint density at radius 3 is 2.64 bits per heavy atom. The second-order valence-electron chi connectivity index (χ2n) is 5.68. The van der Waals surface area contributed by atoms with Gasteiger partial charge in [-0.2, -0.15) is 0 Å². The average molecular weight is 406 g/mol. The van der Waals surface area contributed by atoms with Crippen LogP contribution in [0.5, 0.6) is 0 Å². The summed E-state index contributed by atoms with van der Waals surface area (Å²) in [7, 11) is -1.58. The molecule has 1 heterocycles. The van der Waals surface area contributed by atoms with E-state index in [1.165, 1.54) is 24.1 Å². The molecule has 0 aliphatic carbocycles. The van der Waals surface area contributed by atoms with Gasteiger partial charge >= 0.3 is 5.97 Å². The standard InChI is InChI=1S/C16H17Cl2NO5S/c1-19(12-6-7-25(22,23)10-12)15(20)9-24-16(21)5-3-11-2-4-13(17)14(18)8-11/h2-5,8,12H,6-7,9-10H2,1H3. The minimum Gasteiger partial charge on any atom is -0.452 e. The molecule has 1 amide bonds. The largest absolute Gasteiger partial charge is 0.452 e. The molecule has 1 aliphatic heterocycles. The van der Waals surface area contributed by atoms with Gasteiger partial charge in [0.1, 0.15) is 0 Å². The number of likely N-dealkylation sites (N-methyl/N-ethyl adjacent to an activating group) is 1. The molecule has 0 bridgehead atoms. The van der Waals surface area contributed by atoms with Gasteiger partial charge in [-0.15, -0.1) is 0 Å². The van der Waals surface area contributed by atoms with Crippen LogP contribution in [0.2, 0.25) is 10.0 Å². The van der Waals surface area contributed by atoms with Gasteiger partial charge in [0.25, 0.3) is 5.91 Å². The van der Waals surface area contributed by atoms with Crippen molar-refractivity contribution in [2.45, 2.75) is 12.5 Å². The number of nitrogens with zero attached hydrogens (tertiary/aromatic N) is 1. The third kappa shape index (κ3) is 5.73. The predicted octanol–water partition coefficient (Wildman–Crippen LogP) is 2.20. The van der Waals surface area contributed by atoms with Crippen molar-refractivity contribution < 1.29 is 22.7 Å². The van der Waals surface area contributed by atoms with Gasteiger partial charge in [0.2, 0.25) is 0 Å². The highest BCUT2D eigenvalue weighted by molar-refractivity contribution is 7.91. The van der Waals surface area contributed by atoms with E-state index < -0.39 is 28.3 Å². The number of ether oxygens (including phenoxy) is 1. The van der Waals surface area contributed by atoms with Gasteiger partial charge in [-0.1, -0.05) is 29.3 Å². The maximum Gasteiger partial charge on any atom is 0.331 e. The van der Waals surface area contributed by atoms with Crippen LogP contribution in [-0.4, -0.2) is 56.4 Å². The van der Waals surface area contributed by atoms with Crippen LogP contribution in [0, 0.1) is 0 Å². The topological polar surface area (TPSA) is 80.8 Å². The molecule has 1 fully saturated rings. The van der Waals surface area contributed by atoms with Crippen LogP contribution in [0.1, 0.15) is 12.0 Å². The minimum absolute atomic E-state index is 0.0551. The molecule has 0 radical (unpaired) electrons. The lowest BCUT2D eigenvalue weighted by Gasteiger charge is -2.22. The van der Waals surface area contributed by atoms with E-state index in [0.29, 0.717) is 22.0 Å². The second kappa shape index (κ2) is 8.21. The molecule has 1 aromatic carbocycles. The molecule has 0 aromatic heterocycles. The quantitative estimate of drug-likeness (QED) is 0.553. The van der Waals surface area contributed by atoms with Gasteiger partial charge in [0, 0.05) is 19.2 Å². The summed E-state index contributed by atoms with van der Waals surface area (Å²) in [5.74, 6) is -1.12. The van der Waals surface area contributed by atoms with Crippen molar-refractivity contribution in [1.82, 2.24) is 4.90 Å². The summed E-state index contributed by atoms with van der Waals surface area (Å²) >= 11 is 11.7. The van der Waals surface area contributed by atoms with Crippen LogP contribution in [-0.2, 0) is 24.2 Å². The van der Waals surface area contributed by atoms with Crippen molar-refractivity contribution in [3.63, 3.8) is 0 Å². The van der Waals surface area contributed by atoms with E-state index in [2.05, 4.69) is 0 Å². The van der Waals surface area contributed by atoms with Gasteiger partial charge in [0.05, 0.1) is 21.6 Å². The number of halogens is 2. The molecule has 136 valence electrons. The Morgan fingerprint density at radius 1 is 1.32 bits per heavy atom. The first-order valence-electron chi connectivity index (χ1n) is 7.44. The number of carbonyl (C=O) groups is 2. The summed E-state index contributed by atoms with van der Waals surface area (Å²) in [4.78, 5) is 25.0. The molecule has 25 heavy (non-hydrogen) atoms. The summed E-state index contributed by atoms with van der Waals surface area (Å²) in [5.41, 5.74) is 0.658. The monoisotopic (exact) mass is 405 g/mol. The highest BCUT2D eigenvalue weighted by Crippen LogP contribution is 2.23. The number of amides is 1. The van der Waals surface area contributed by atoms with E-state index in [9.17, 15) is 18.0 Å². The fraction of sp³-hybridized carbons (Fsp3) is 0.375. The fourth-order valence-electron chi connectivity index (χ4n) is 2.35. The summed E-state index contributed by atoms with van der Waals surface area (Å²) in [6, 6.07) is 4.50. The zero-order valence-electron chi connectivity index (χ0n) is 13.4. The average Bonchev–Trinajstić information content (AvgIpc) is 2.92. The molecule has 0 saturated carbocycles. The number of benzene rings is 1. The van der Waals surface area contributed by atoms with Crippen LogP contribution >= 0.6 is 23.2 Å². The Balaban J connectivity index is 1.83. The predicted molar refractivity (Wildman–Crippen MR) is 96.3 cm³/mol. The van der Waals surface area contributed by atoms with Gasteiger partial charge in [-0.25, -0.2) is 13.2 Å². The van der Waals surface area contributed by atoms with Crippen molar-refractivity contribution in [3.8, 4) is 0 Å². The van der Waals surface area contributed by atoms with Gasteiger partial charge in [0.15, 0.2) is 16.4 Å². The molecule has 1 unspecified atom stereocenters. The van der Waals surface area contributed by atoms with Crippen molar-refractivity contribution in [3.05, 3.63) is 39.9 Å². The first-order chi connectivity index (χ1) is 11.7. The van der Waals surface area contributed by atoms with Crippen LogP contribution in [0.4, 0.5) is 0 Å². The highest BCUT2D eigenvalue weighted by Gasteiger charge is 2.32. The van der Waals surface area contributed by atoms with E-state index in [4.69, 9.17) is 27.9 Å². The van der Waals surface area contributed by atoms with Gasteiger partial charge in [-0.05, 0) is 30.2 Å². The first kappa shape index (κ1) is 19.8. The molecule has 0 N–H and O–H groups in total. The zero-order chi connectivity index (χ0) is 18.6. The molecular weight excluding hydrogens is 389 g/mol. The molecule has 1 aromatic rings. The Labute approximate surface area is 156 Å². The van der Waals surface area contributed by atoms with Crippen molar-refractivity contribution >= 4 is 51.0 Å². The van der Waals surface area contributed by atoms with Crippen molar-refractivity contribution in [2.24, 2.45) is 0 Å². The number of esters is 1. The molecule has 1 aliphatic rings. The van der Waals surface area contributed by atoms with Gasteiger partial charge in [-0.3, -0.25) is 4.79 Å². The summed E-state index contributed by atoms with van der Waals surface area (Å²) < 4.78 is 27.8. The third-order valence-corrected chi connectivity index (χ3v) is 6.33. The SMILES string of the molecule is CN(C(=O)COC(=O)C=Cc1ccc(Cl)c(Cl)c1)C1CCS(=O)(=O)C1. The normalized spacial score (nSPS) is 19.1. The number of hydrogen-bond acceptors (Lipinski definition) is 5. The Bertz CT molecular complexity index is 807. The maximum absolute atomic E-state index is 12.0. The number of carbonyl (C=O) groups excluding carboxylic acids is 2. The summed E-state index contributed by atoms with van der Waals surface area (Å²) in [6.07, 6.45) is 3.06. The van der Waals surface area contributed by atoms with Crippen molar-refractivity contribution in [1.29, 1.82) is 0 Å². The van der Waals surface area contributed by atoms with E-state index in [1.807, 2.05) is 0 Å². The lowest BCUT2D eigenvalue weighted by Crippen LogP contribution is -2.40. The zero-order valence-corrected chi connectivity index (χ0v) is 15.8. The van der Waals surface area contributed by atoms with Crippen LogP contribution in [0.25, 0.3) is 6.08 Å². The molecule has 1 saturated heterocycles. The van der Waals surface area contributed by atoms with Gasteiger partial charge < -0.3 is 9.64 Å². The van der Waals surface area contributed by atoms with Crippen LogP contribution < -0.4 is 0 Å². The maximum atomic E-state index is 12.0. The summed E-state index contributed by atoms with van der Waals surface area (Å²) in [5, 5.41) is 0.768. The minimum atomic E-state index is -3.08. The second-order valence-corrected chi connectivity index (χ2v) is 8.72. The molecule has 9 heteroatoms. The number of hydrogen-bond donors (Lipinski definition) is 0. The Morgan fingerprint density at radius 2 is 2.04 bits per heavy atom. The van der Waals surface area contributed by atoms with E-state index in [1.54, 1.807) is 18.2 Å². The van der Waals surface area contributed by atoms with E-state index >= 15 is 0 Å². The molecule has 1 atom stereocenters. The van der Waals surface area contributed by atoms with E-state index in [0.717, 1.165) is 0 Å². The van der Waals surface area contributed by atoms with Crippen LogP contribution in [0.3, 0.4) is 0 Å². The number of rotatable bonds is 5. The Hall–Kier alpha value is -1.57.